The first kappa shape index (κ1) is 18.2. The zero-order chi connectivity index (χ0) is 20.5. The fraction of sp³-hybridized carbons (Fsp3) is 0.174. The van der Waals surface area contributed by atoms with Crippen molar-refractivity contribution in [3.05, 3.63) is 73.1 Å². The van der Waals surface area contributed by atoms with Crippen molar-refractivity contribution in [1.29, 1.82) is 0 Å². The maximum atomic E-state index is 5.30. The third-order valence-corrected chi connectivity index (χ3v) is 5.25. The maximum absolute atomic E-state index is 5.30. The Morgan fingerprint density at radius 3 is 2.70 bits per heavy atom. The van der Waals surface area contributed by atoms with Crippen LogP contribution in [-0.2, 0) is 20.0 Å². The van der Waals surface area contributed by atoms with Crippen molar-refractivity contribution in [2.24, 2.45) is 7.05 Å². The van der Waals surface area contributed by atoms with Gasteiger partial charge in [-0.3, -0.25) is 0 Å². The lowest BCUT2D eigenvalue weighted by Gasteiger charge is -2.10. The van der Waals surface area contributed by atoms with Gasteiger partial charge in [0.1, 0.15) is 17.3 Å². The van der Waals surface area contributed by atoms with Crippen molar-refractivity contribution in [2.45, 2.75) is 13.0 Å². The monoisotopic (exact) mass is 398 g/mol. The number of aryl methyl sites for hydroxylation is 3. The first-order valence-electron chi connectivity index (χ1n) is 9.84. The van der Waals surface area contributed by atoms with Crippen LogP contribution in [0.3, 0.4) is 0 Å². The number of benzene rings is 2. The van der Waals surface area contributed by atoms with Crippen molar-refractivity contribution in [2.75, 3.05) is 7.11 Å². The van der Waals surface area contributed by atoms with Gasteiger partial charge in [-0.25, -0.2) is 15.0 Å². The van der Waals surface area contributed by atoms with Gasteiger partial charge in [-0.05, 0) is 12.1 Å². The van der Waals surface area contributed by atoms with Crippen LogP contribution >= 0.6 is 0 Å². The number of hydrogen-bond acceptors (Lipinski definition) is 4. The summed E-state index contributed by atoms with van der Waals surface area (Å²) in [5.74, 6) is 2.64. The van der Waals surface area contributed by atoms with Crippen LogP contribution in [0.4, 0.5) is 0 Å². The lowest BCUT2D eigenvalue weighted by Crippen LogP contribution is -2.06. The van der Waals surface area contributed by atoms with E-state index in [1.165, 1.54) is 0 Å². The predicted octanol–water partition coefficient (Wildman–Crippen LogP) is 4.08. The summed E-state index contributed by atoms with van der Waals surface area (Å²) in [4.78, 5) is 17.4. The average Bonchev–Trinajstić information content (AvgIpc) is 3.49. The maximum Gasteiger partial charge on any atom is 0.158 e. The number of aromatic amines is 1. The number of hydrogen-bond donors (Lipinski definition) is 1. The summed E-state index contributed by atoms with van der Waals surface area (Å²) in [6.45, 7) is 0.735. The van der Waals surface area contributed by atoms with Crippen molar-refractivity contribution in [3.63, 3.8) is 0 Å². The Kier molecular flexibility index (Phi) is 4.55. The molecule has 2 aromatic carbocycles. The summed E-state index contributed by atoms with van der Waals surface area (Å²) >= 11 is 0. The smallest absolute Gasteiger partial charge is 0.158 e. The SMILES string of the molecule is COc1ccc2nc(CCn3cnc(-c4ccccc4)c3-c3nccn3C)[nH]c2c1. The van der Waals surface area contributed by atoms with Crippen molar-refractivity contribution in [1.82, 2.24) is 29.1 Å². The van der Waals surface area contributed by atoms with Gasteiger partial charge in [-0.1, -0.05) is 30.3 Å². The van der Waals surface area contributed by atoms with Gasteiger partial charge in [0.2, 0.25) is 0 Å². The van der Waals surface area contributed by atoms with E-state index < -0.39 is 0 Å². The van der Waals surface area contributed by atoms with E-state index in [-0.39, 0.29) is 0 Å². The number of nitrogens with zero attached hydrogens (tertiary/aromatic N) is 5. The van der Waals surface area contributed by atoms with Crippen molar-refractivity contribution >= 4 is 11.0 Å². The molecule has 7 heteroatoms. The Labute approximate surface area is 174 Å². The summed E-state index contributed by atoms with van der Waals surface area (Å²) in [7, 11) is 3.67. The third-order valence-electron chi connectivity index (χ3n) is 5.25. The molecule has 3 aromatic heterocycles. The molecule has 0 unspecified atom stereocenters. The summed E-state index contributed by atoms with van der Waals surface area (Å²) < 4.78 is 9.48. The minimum atomic E-state index is 0.735. The van der Waals surface area contributed by atoms with E-state index in [4.69, 9.17) is 14.7 Å². The number of fused-ring (bicyclic) bond motifs is 1. The van der Waals surface area contributed by atoms with Crippen LogP contribution in [0.25, 0.3) is 33.8 Å². The van der Waals surface area contributed by atoms with Crippen LogP contribution in [0.5, 0.6) is 5.75 Å². The van der Waals surface area contributed by atoms with Crippen molar-refractivity contribution in [3.8, 4) is 28.5 Å². The molecule has 0 aliphatic heterocycles. The molecule has 0 aliphatic rings. The topological polar surface area (TPSA) is 73.5 Å². The van der Waals surface area contributed by atoms with Crippen LogP contribution in [0.15, 0.2) is 67.3 Å². The molecule has 0 saturated carbocycles. The van der Waals surface area contributed by atoms with Crippen LogP contribution in [-0.4, -0.2) is 36.2 Å². The van der Waals surface area contributed by atoms with Gasteiger partial charge in [0, 0.05) is 44.0 Å². The molecule has 0 bridgehead atoms. The Bertz CT molecular complexity index is 1300. The van der Waals surface area contributed by atoms with Gasteiger partial charge in [0.15, 0.2) is 5.82 Å². The third kappa shape index (κ3) is 3.24. The number of nitrogens with one attached hydrogen (secondary N) is 1. The molecule has 0 amide bonds. The molecular weight excluding hydrogens is 376 g/mol. The van der Waals surface area contributed by atoms with Gasteiger partial charge >= 0.3 is 0 Å². The molecule has 0 fully saturated rings. The van der Waals surface area contributed by atoms with Gasteiger partial charge in [-0.15, -0.1) is 0 Å². The van der Waals surface area contributed by atoms with Gasteiger partial charge in [0.05, 0.1) is 30.2 Å². The highest BCUT2D eigenvalue weighted by Crippen LogP contribution is 2.30. The number of methoxy groups -OCH3 is 1. The standard InChI is InChI=1S/C23H22N6O/c1-28-13-11-24-23(28)22-21(16-6-4-3-5-7-16)25-15-29(22)12-10-20-26-18-9-8-17(30-2)14-19(18)27-20/h3-9,11,13-15H,10,12H2,1-2H3,(H,26,27). The summed E-state index contributed by atoms with van der Waals surface area (Å²) in [5.41, 5.74) is 4.92. The fourth-order valence-electron chi connectivity index (χ4n) is 3.70. The minimum absolute atomic E-state index is 0.735. The van der Waals surface area contributed by atoms with Gasteiger partial charge in [0.25, 0.3) is 0 Å². The predicted molar refractivity (Wildman–Crippen MR) is 116 cm³/mol. The van der Waals surface area contributed by atoms with Crippen molar-refractivity contribution < 1.29 is 4.74 Å². The van der Waals surface area contributed by atoms with Crippen LogP contribution in [0.2, 0.25) is 0 Å². The lowest BCUT2D eigenvalue weighted by molar-refractivity contribution is 0.415. The number of imidazole rings is 3. The normalized spacial score (nSPS) is 11.3. The highest BCUT2D eigenvalue weighted by Gasteiger charge is 2.18. The van der Waals surface area contributed by atoms with Crippen LogP contribution < -0.4 is 4.74 Å². The molecule has 0 spiro atoms. The molecule has 0 aliphatic carbocycles. The number of ether oxygens (including phenoxy) is 1. The van der Waals surface area contributed by atoms with Gasteiger partial charge < -0.3 is 18.9 Å². The molecule has 5 rings (SSSR count). The van der Waals surface area contributed by atoms with Crippen LogP contribution in [0, 0.1) is 0 Å². The molecular formula is C23H22N6O. The highest BCUT2D eigenvalue weighted by molar-refractivity contribution is 5.77. The zero-order valence-electron chi connectivity index (χ0n) is 16.9. The second-order valence-corrected chi connectivity index (χ2v) is 7.18. The van der Waals surface area contributed by atoms with E-state index in [2.05, 4.69) is 26.7 Å². The molecule has 5 aromatic rings. The van der Waals surface area contributed by atoms with E-state index in [1.807, 2.05) is 66.7 Å². The van der Waals surface area contributed by atoms with E-state index in [9.17, 15) is 0 Å². The quantitative estimate of drug-likeness (QED) is 0.468. The molecule has 0 atom stereocenters. The summed E-state index contributed by atoms with van der Waals surface area (Å²) in [6, 6.07) is 16.1. The zero-order valence-corrected chi connectivity index (χ0v) is 16.9. The van der Waals surface area contributed by atoms with Gasteiger partial charge in [-0.2, -0.15) is 0 Å². The molecule has 3 heterocycles. The Morgan fingerprint density at radius 1 is 1.07 bits per heavy atom. The second kappa shape index (κ2) is 7.51. The van der Waals surface area contributed by atoms with Crippen LogP contribution in [0.1, 0.15) is 5.82 Å². The Morgan fingerprint density at radius 2 is 1.93 bits per heavy atom. The number of rotatable bonds is 6. The van der Waals surface area contributed by atoms with E-state index in [1.54, 1.807) is 7.11 Å². The Hall–Kier alpha value is -3.87. The largest absolute Gasteiger partial charge is 0.497 e. The molecule has 0 radical (unpaired) electrons. The van der Waals surface area contributed by atoms with E-state index in [0.29, 0.717) is 0 Å². The minimum Gasteiger partial charge on any atom is -0.497 e. The van der Waals surface area contributed by atoms with E-state index in [0.717, 1.165) is 58.3 Å². The average molecular weight is 398 g/mol. The molecule has 0 saturated heterocycles. The first-order chi connectivity index (χ1) is 14.7. The highest BCUT2D eigenvalue weighted by atomic mass is 16.5. The molecule has 150 valence electrons. The first-order valence-corrected chi connectivity index (χ1v) is 9.84. The van der Waals surface area contributed by atoms with E-state index >= 15 is 0 Å². The fourth-order valence-corrected chi connectivity index (χ4v) is 3.70. The molecule has 7 nitrogen and oxygen atoms in total. The lowest BCUT2D eigenvalue weighted by atomic mass is 10.1. The Balaban J connectivity index is 1.49. The molecule has 1 N–H and O–H groups in total. The number of aromatic nitrogens is 6. The summed E-state index contributed by atoms with van der Waals surface area (Å²) in [6.07, 6.45) is 6.40. The molecule has 30 heavy (non-hydrogen) atoms. The number of H-pyrrole nitrogens is 1. The summed E-state index contributed by atoms with van der Waals surface area (Å²) in [5, 5.41) is 0. The second-order valence-electron chi connectivity index (χ2n) is 7.18.